The van der Waals surface area contributed by atoms with Gasteiger partial charge in [-0.1, -0.05) is 52.3 Å². The average molecular weight is 426 g/mol. The van der Waals surface area contributed by atoms with Crippen molar-refractivity contribution in [3.63, 3.8) is 0 Å². The van der Waals surface area contributed by atoms with Crippen LogP contribution in [0.15, 0.2) is 71.2 Å². The Balaban J connectivity index is 1.49. The van der Waals surface area contributed by atoms with Crippen LogP contribution in [0.1, 0.15) is 20.7 Å². The van der Waals surface area contributed by atoms with Crippen LogP contribution in [0.25, 0.3) is 10.8 Å². The quantitative estimate of drug-likeness (QED) is 0.481. The molecule has 5 nitrogen and oxygen atoms in total. The van der Waals surface area contributed by atoms with Gasteiger partial charge in [0, 0.05) is 15.6 Å². The Hall–Kier alpha value is -2.99. The molecule has 0 saturated heterocycles. The molecule has 136 valence electrons. The minimum atomic E-state index is -0.672. The highest BCUT2D eigenvalue weighted by Gasteiger charge is 2.12. The Labute approximate surface area is 164 Å². The van der Waals surface area contributed by atoms with E-state index in [1.807, 2.05) is 30.3 Å². The Morgan fingerprint density at radius 1 is 0.852 bits per heavy atom. The van der Waals surface area contributed by atoms with Gasteiger partial charge in [-0.15, -0.1) is 0 Å². The number of hydrogen-bond donors (Lipinski definition) is 1. The van der Waals surface area contributed by atoms with Gasteiger partial charge in [-0.3, -0.25) is 14.4 Å². The normalized spacial score (nSPS) is 10.4. The number of ketones is 1. The molecule has 3 aromatic rings. The van der Waals surface area contributed by atoms with Crippen LogP contribution in [0.3, 0.4) is 0 Å². The zero-order chi connectivity index (χ0) is 19.2. The van der Waals surface area contributed by atoms with Crippen LogP contribution in [-0.4, -0.2) is 30.8 Å². The van der Waals surface area contributed by atoms with Crippen LogP contribution in [0, 0.1) is 0 Å². The number of Topliss-reactive ketones (excluding diaryl/α,β-unsaturated/α-hetero) is 1. The molecule has 0 radical (unpaired) electrons. The second-order valence-corrected chi connectivity index (χ2v) is 6.75. The van der Waals surface area contributed by atoms with Gasteiger partial charge in [0.25, 0.3) is 5.91 Å². The van der Waals surface area contributed by atoms with Crippen molar-refractivity contribution >= 4 is 44.4 Å². The van der Waals surface area contributed by atoms with E-state index in [9.17, 15) is 14.4 Å². The third kappa shape index (κ3) is 5.01. The topological polar surface area (TPSA) is 72.5 Å². The SMILES string of the molecule is O=C(CNC(=O)c1ccc(Br)cc1)OCC(=O)c1ccc2ccccc2c1. The van der Waals surface area contributed by atoms with E-state index in [-0.39, 0.29) is 24.8 Å². The summed E-state index contributed by atoms with van der Waals surface area (Å²) < 4.78 is 5.82. The van der Waals surface area contributed by atoms with Gasteiger partial charge in [0.1, 0.15) is 6.54 Å². The minimum Gasteiger partial charge on any atom is -0.456 e. The summed E-state index contributed by atoms with van der Waals surface area (Å²) in [6.45, 7) is -0.675. The molecule has 0 aromatic heterocycles. The number of rotatable bonds is 6. The standard InChI is InChI=1S/C21H16BrNO4/c22-18-9-7-15(8-10-18)21(26)23-12-20(25)27-13-19(24)17-6-5-14-3-1-2-4-16(14)11-17/h1-11H,12-13H2,(H,23,26). The number of carbonyl (C=O) groups excluding carboxylic acids is 3. The fourth-order valence-electron chi connectivity index (χ4n) is 2.50. The maximum Gasteiger partial charge on any atom is 0.325 e. The smallest absolute Gasteiger partial charge is 0.325 e. The van der Waals surface area contributed by atoms with Crippen molar-refractivity contribution in [1.82, 2.24) is 5.32 Å². The highest BCUT2D eigenvalue weighted by molar-refractivity contribution is 9.10. The number of halogens is 1. The number of benzene rings is 3. The molecule has 0 spiro atoms. The van der Waals surface area contributed by atoms with Gasteiger partial charge >= 0.3 is 5.97 Å². The summed E-state index contributed by atoms with van der Waals surface area (Å²) in [5.74, 6) is -1.36. The number of esters is 1. The second kappa shape index (κ2) is 8.60. The Kier molecular flexibility index (Phi) is 5.98. The first kappa shape index (κ1) is 18.8. The van der Waals surface area contributed by atoms with E-state index >= 15 is 0 Å². The largest absolute Gasteiger partial charge is 0.456 e. The van der Waals surface area contributed by atoms with E-state index in [1.54, 1.807) is 36.4 Å². The van der Waals surface area contributed by atoms with Gasteiger partial charge in [0.2, 0.25) is 0 Å². The molecule has 0 saturated carbocycles. The number of amides is 1. The molecule has 0 atom stereocenters. The number of ether oxygens (including phenoxy) is 1. The summed E-state index contributed by atoms with van der Waals surface area (Å²) >= 11 is 3.29. The molecule has 0 aliphatic heterocycles. The van der Waals surface area contributed by atoms with Crippen LogP contribution in [0.4, 0.5) is 0 Å². The fourth-order valence-corrected chi connectivity index (χ4v) is 2.76. The van der Waals surface area contributed by atoms with Crippen LogP contribution in [-0.2, 0) is 9.53 Å². The molecular formula is C21H16BrNO4. The maximum absolute atomic E-state index is 12.2. The number of carbonyl (C=O) groups is 3. The van der Waals surface area contributed by atoms with E-state index in [0.29, 0.717) is 11.1 Å². The van der Waals surface area contributed by atoms with Crippen molar-refractivity contribution in [2.24, 2.45) is 0 Å². The van der Waals surface area contributed by atoms with Gasteiger partial charge in [-0.2, -0.15) is 0 Å². The Bertz CT molecular complexity index is 998. The first-order valence-corrected chi connectivity index (χ1v) is 9.03. The Morgan fingerprint density at radius 2 is 1.52 bits per heavy atom. The lowest BCUT2D eigenvalue weighted by Crippen LogP contribution is -2.31. The lowest BCUT2D eigenvalue weighted by molar-refractivity contribution is -0.141. The highest BCUT2D eigenvalue weighted by atomic mass is 79.9. The minimum absolute atomic E-state index is 0.298. The third-order valence-electron chi connectivity index (χ3n) is 3.94. The van der Waals surface area contributed by atoms with Gasteiger partial charge in [0.15, 0.2) is 12.4 Å². The number of fused-ring (bicyclic) bond motifs is 1. The molecule has 1 N–H and O–H groups in total. The zero-order valence-corrected chi connectivity index (χ0v) is 15.9. The summed E-state index contributed by atoms with van der Waals surface area (Å²) in [4.78, 5) is 35.9. The first-order chi connectivity index (χ1) is 13.0. The molecule has 0 heterocycles. The highest BCUT2D eigenvalue weighted by Crippen LogP contribution is 2.16. The molecule has 27 heavy (non-hydrogen) atoms. The van der Waals surface area contributed by atoms with Crippen LogP contribution < -0.4 is 5.32 Å². The summed E-state index contributed by atoms with van der Waals surface area (Å²) in [6, 6.07) is 19.7. The van der Waals surface area contributed by atoms with Gasteiger partial charge in [-0.25, -0.2) is 0 Å². The number of hydrogen-bond acceptors (Lipinski definition) is 4. The summed E-state index contributed by atoms with van der Waals surface area (Å²) in [7, 11) is 0. The van der Waals surface area contributed by atoms with Crippen molar-refractivity contribution in [3.05, 3.63) is 82.3 Å². The predicted octanol–water partition coefficient (Wildman–Crippen LogP) is 3.76. The molecule has 0 bridgehead atoms. The van der Waals surface area contributed by atoms with E-state index in [4.69, 9.17) is 4.74 Å². The first-order valence-electron chi connectivity index (χ1n) is 8.24. The number of nitrogens with one attached hydrogen (secondary N) is 1. The molecule has 3 rings (SSSR count). The molecule has 6 heteroatoms. The molecular weight excluding hydrogens is 410 g/mol. The van der Waals surface area contributed by atoms with Crippen molar-refractivity contribution in [1.29, 1.82) is 0 Å². The lowest BCUT2D eigenvalue weighted by Gasteiger charge is -2.07. The van der Waals surface area contributed by atoms with Gasteiger partial charge < -0.3 is 10.1 Å². The molecule has 0 aliphatic rings. The molecule has 1 amide bonds. The predicted molar refractivity (Wildman–Crippen MR) is 106 cm³/mol. The summed E-state index contributed by atoms with van der Waals surface area (Å²) in [5.41, 5.74) is 0.902. The van der Waals surface area contributed by atoms with Crippen LogP contribution in [0.2, 0.25) is 0 Å². The second-order valence-electron chi connectivity index (χ2n) is 5.84. The van der Waals surface area contributed by atoms with E-state index in [0.717, 1.165) is 15.2 Å². The van der Waals surface area contributed by atoms with Crippen LogP contribution >= 0.6 is 15.9 Å². The third-order valence-corrected chi connectivity index (χ3v) is 4.46. The van der Waals surface area contributed by atoms with E-state index < -0.39 is 5.97 Å². The molecule has 0 fully saturated rings. The molecule has 3 aromatic carbocycles. The monoisotopic (exact) mass is 425 g/mol. The van der Waals surface area contributed by atoms with Crippen molar-refractivity contribution in [3.8, 4) is 0 Å². The summed E-state index contributed by atoms with van der Waals surface area (Å²) in [6.07, 6.45) is 0. The summed E-state index contributed by atoms with van der Waals surface area (Å²) in [5, 5.41) is 4.44. The maximum atomic E-state index is 12.2. The Morgan fingerprint density at radius 3 is 2.26 bits per heavy atom. The molecule has 0 unspecified atom stereocenters. The van der Waals surface area contributed by atoms with Crippen LogP contribution in [0.5, 0.6) is 0 Å². The zero-order valence-electron chi connectivity index (χ0n) is 14.3. The van der Waals surface area contributed by atoms with E-state index in [1.165, 1.54) is 0 Å². The fraction of sp³-hybridized carbons (Fsp3) is 0.0952. The average Bonchev–Trinajstić information content (AvgIpc) is 2.70. The van der Waals surface area contributed by atoms with Crippen molar-refractivity contribution in [2.45, 2.75) is 0 Å². The van der Waals surface area contributed by atoms with Gasteiger partial charge in [0.05, 0.1) is 0 Å². The van der Waals surface area contributed by atoms with Gasteiger partial charge in [-0.05, 0) is 41.1 Å². The van der Waals surface area contributed by atoms with Crippen molar-refractivity contribution in [2.75, 3.05) is 13.2 Å². The lowest BCUT2D eigenvalue weighted by atomic mass is 10.0. The van der Waals surface area contributed by atoms with E-state index in [2.05, 4.69) is 21.2 Å². The van der Waals surface area contributed by atoms with Crippen molar-refractivity contribution < 1.29 is 19.1 Å². The molecule has 0 aliphatic carbocycles.